The molecule has 0 fully saturated rings. The Morgan fingerprint density at radius 2 is 1.77 bits per heavy atom. The van der Waals surface area contributed by atoms with E-state index in [1.807, 2.05) is 13.0 Å². The zero-order chi connectivity index (χ0) is 20.9. The molecular formula is C24H29ClN2O3. The minimum atomic E-state index is -0.810. The summed E-state index contributed by atoms with van der Waals surface area (Å²) in [5, 5.41) is 17.6. The number of fused-ring (bicyclic) bond motifs is 3. The molecule has 0 saturated carbocycles. The fraction of sp³-hybridized carbons (Fsp3) is 0.542. The third-order valence-corrected chi connectivity index (χ3v) is 7.43. The molecule has 0 saturated heterocycles. The van der Waals surface area contributed by atoms with Crippen LogP contribution in [0.15, 0.2) is 10.5 Å². The number of amides is 2. The first-order chi connectivity index (χ1) is 14.4. The standard InChI is InChI=1S/C24H29ClN2O3/c1-24(29)11-4-9-20-19(24)13-14(30-20)10-12-26-23(28)27-22-17-7-2-5-15(17)21(25)16-6-3-8-18(16)22/h13,29H,2-12H2,1H3,(H2,26,27,28). The van der Waals surface area contributed by atoms with Crippen LogP contribution in [-0.2, 0) is 44.1 Å². The van der Waals surface area contributed by atoms with Gasteiger partial charge in [-0.25, -0.2) is 4.79 Å². The molecule has 0 spiro atoms. The van der Waals surface area contributed by atoms with Crippen LogP contribution in [0.2, 0.25) is 5.02 Å². The van der Waals surface area contributed by atoms with Crippen LogP contribution in [0, 0.1) is 0 Å². The van der Waals surface area contributed by atoms with E-state index in [9.17, 15) is 9.90 Å². The molecular weight excluding hydrogens is 400 g/mol. The molecule has 3 aliphatic rings. The van der Waals surface area contributed by atoms with E-state index in [1.54, 1.807) is 0 Å². The number of benzene rings is 1. The number of hydrogen-bond acceptors (Lipinski definition) is 3. The van der Waals surface area contributed by atoms with E-state index in [0.717, 1.165) is 85.6 Å². The van der Waals surface area contributed by atoms with Gasteiger partial charge < -0.3 is 20.2 Å². The molecule has 30 heavy (non-hydrogen) atoms. The summed E-state index contributed by atoms with van der Waals surface area (Å²) in [6.45, 7) is 2.33. The van der Waals surface area contributed by atoms with Gasteiger partial charge in [0, 0.05) is 35.7 Å². The minimum Gasteiger partial charge on any atom is -0.466 e. The zero-order valence-corrected chi connectivity index (χ0v) is 18.3. The van der Waals surface area contributed by atoms with Crippen molar-refractivity contribution in [3.63, 3.8) is 0 Å². The lowest BCUT2D eigenvalue weighted by atomic mass is 9.84. The van der Waals surface area contributed by atoms with Crippen molar-refractivity contribution in [3.8, 4) is 0 Å². The summed E-state index contributed by atoms with van der Waals surface area (Å²) in [6, 6.07) is 1.77. The van der Waals surface area contributed by atoms with Gasteiger partial charge in [0.15, 0.2) is 0 Å². The van der Waals surface area contributed by atoms with Crippen LogP contribution in [0.5, 0.6) is 0 Å². The van der Waals surface area contributed by atoms with E-state index < -0.39 is 5.60 Å². The number of nitrogens with one attached hydrogen (secondary N) is 2. The molecule has 2 aromatic rings. The maximum absolute atomic E-state index is 12.7. The summed E-state index contributed by atoms with van der Waals surface area (Å²) in [5.74, 6) is 1.70. The molecule has 1 heterocycles. The van der Waals surface area contributed by atoms with Crippen molar-refractivity contribution in [2.24, 2.45) is 0 Å². The molecule has 5 rings (SSSR count). The number of rotatable bonds is 4. The van der Waals surface area contributed by atoms with Crippen molar-refractivity contribution in [1.29, 1.82) is 0 Å². The van der Waals surface area contributed by atoms with Crippen LogP contribution < -0.4 is 10.6 Å². The molecule has 1 atom stereocenters. The van der Waals surface area contributed by atoms with E-state index in [4.69, 9.17) is 16.0 Å². The van der Waals surface area contributed by atoms with Crippen LogP contribution >= 0.6 is 11.6 Å². The lowest BCUT2D eigenvalue weighted by Crippen LogP contribution is -2.31. The van der Waals surface area contributed by atoms with Gasteiger partial charge in [-0.15, -0.1) is 0 Å². The van der Waals surface area contributed by atoms with E-state index in [0.29, 0.717) is 13.0 Å². The van der Waals surface area contributed by atoms with Gasteiger partial charge in [-0.2, -0.15) is 0 Å². The second kappa shape index (κ2) is 7.61. The monoisotopic (exact) mass is 428 g/mol. The average molecular weight is 429 g/mol. The molecule has 3 N–H and O–H groups in total. The number of carbonyl (C=O) groups is 1. The smallest absolute Gasteiger partial charge is 0.319 e. The number of furan rings is 1. The van der Waals surface area contributed by atoms with E-state index in [1.165, 1.54) is 22.3 Å². The van der Waals surface area contributed by atoms with E-state index in [2.05, 4.69) is 10.6 Å². The van der Waals surface area contributed by atoms with Gasteiger partial charge in [0.05, 0.1) is 5.60 Å². The van der Waals surface area contributed by atoms with Gasteiger partial charge in [-0.3, -0.25) is 0 Å². The third kappa shape index (κ3) is 3.42. The van der Waals surface area contributed by atoms with E-state index in [-0.39, 0.29) is 6.03 Å². The maximum atomic E-state index is 12.7. The summed E-state index contributed by atoms with van der Waals surface area (Å²) >= 11 is 6.67. The first-order valence-electron chi connectivity index (χ1n) is 11.2. The fourth-order valence-corrected chi connectivity index (χ4v) is 5.89. The third-order valence-electron chi connectivity index (χ3n) is 6.97. The van der Waals surface area contributed by atoms with Crippen LogP contribution in [0.3, 0.4) is 0 Å². The van der Waals surface area contributed by atoms with Crippen molar-refractivity contribution in [2.45, 2.75) is 76.7 Å². The van der Waals surface area contributed by atoms with Gasteiger partial charge in [0.25, 0.3) is 0 Å². The molecule has 2 amide bonds. The summed E-state index contributed by atoms with van der Waals surface area (Å²) in [5.41, 5.74) is 6.03. The molecule has 1 aromatic carbocycles. The van der Waals surface area contributed by atoms with Crippen molar-refractivity contribution >= 4 is 23.3 Å². The largest absolute Gasteiger partial charge is 0.466 e. The maximum Gasteiger partial charge on any atom is 0.319 e. The second-order valence-corrected chi connectivity index (χ2v) is 9.50. The van der Waals surface area contributed by atoms with Gasteiger partial charge in [0.1, 0.15) is 11.5 Å². The average Bonchev–Trinajstić information content (AvgIpc) is 3.44. The van der Waals surface area contributed by atoms with Crippen LogP contribution in [-0.4, -0.2) is 17.7 Å². The second-order valence-electron chi connectivity index (χ2n) is 9.12. The highest BCUT2D eigenvalue weighted by Crippen LogP contribution is 2.44. The highest BCUT2D eigenvalue weighted by molar-refractivity contribution is 6.32. The Hall–Kier alpha value is -1.98. The molecule has 1 aromatic heterocycles. The first-order valence-corrected chi connectivity index (χ1v) is 11.6. The highest BCUT2D eigenvalue weighted by Gasteiger charge is 2.33. The number of halogens is 1. The molecule has 0 radical (unpaired) electrons. The van der Waals surface area contributed by atoms with Gasteiger partial charge in [0.2, 0.25) is 0 Å². The van der Waals surface area contributed by atoms with E-state index >= 15 is 0 Å². The number of anilines is 1. The quantitative estimate of drug-likeness (QED) is 0.653. The predicted octanol–water partition coefficient (Wildman–Crippen LogP) is 4.82. The molecule has 0 bridgehead atoms. The Morgan fingerprint density at radius 3 is 2.43 bits per heavy atom. The molecule has 1 unspecified atom stereocenters. The molecule has 6 heteroatoms. The zero-order valence-electron chi connectivity index (χ0n) is 17.5. The van der Waals surface area contributed by atoms with Crippen LogP contribution in [0.25, 0.3) is 0 Å². The number of carbonyl (C=O) groups excluding carboxylic acids is 1. The number of aliphatic hydroxyl groups is 1. The van der Waals surface area contributed by atoms with Crippen LogP contribution in [0.1, 0.15) is 71.9 Å². The van der Waals surface area contributed by atoms with Crippen molar-refractivity contribution in [1.82, 2.24) is 5.32 Å². The van der Waals surface area contributed by atoms with Crippen molar-refractivity contribution in [2.75, 3.05) is 11.9 Å². The number of hydrogen-bond donors (Lipinski definition) is 3. The molecule has 0 aliphatic heterocycles. The lowest BCUT2D eigenvalue weighted by molar-refractivity contribution is 0.0363. The molecule has 160 valence electrons. The van der Waals surface area contributed by atoms with Gasteiger partial charge in [-0.1, -0.05) is 11.6 Å². The number of aryl methyl sites for hydroxylation is 1. The normalized spacial score (nSPS) is 21.8. The fourth-order valence-electron chi connectivity index (χ4n) is 5.47. The summed E-state index contributed by atoms with van der Waals surface area (Å²) in [6.07, 6.45) is 9.33. The van der Waals surface area contributed by atoms with Crippen molar-refractivity contribution < 1.29 is 14.3 Å². The summed E-state index contributed by atoms with van der Waals surface area (Å²) in [7, 11) is 0. The summed E-state index contributed by atoms with van der Waals surface area (Å²) < 4.78 is 5.93. The summed E-state index contributed by atoms with van der Waals surface area (Å²) in [4.78, 5) is 12.7. The van der Waals surface area contributed by atoms with Gasteiger partial charge in [-0.05, 0) is 86.6 Å². The number of urea groups is 1. The Morgan fingerprint density at radius 1 is 1.10 bits per heavy atom. The lowest BCUT2D eigenvalue weighted by Gasteiger charge is -2.27. The molecule has 5 nitrogen and oxygen atoms in total. The van der Waals surface area contributed by atoms with Crippen LogP contribution in [0.4, 0.5) is 10.5 Å². The Kier molecular flexibility index (Phi) is 5.06. The van der Waals surface area contributed by atoms with Gasteiger partial charge >= 0.3 is 6.03 Å². The Labute approximate surface area is 182 Å². The minimum absolute atomic E-state index is 0.177. The first kappa shape index (κ1) is 20.0. The highest BCUT2D eigenvalue weighted by atomic mass is 35.5. The molecule has 3 aliphatic carbocycles. The Bertz CT molecular complexity index is 973. The SMILES string of the molecule is CC1(O)CCCc2oc(CCNC(=O)Nc3c4c(c(Cl)c5c3CCC5)CCC4)cc21. The topological polar surface area (TPSA) is 74.5 Å². The predicted molar refractivity (Wildman–Crippen MR) is 117 cm³/mol. The van der Waals surface area contributed by atoms with Crippen molar-refractivity contribution in [3.05, 3.63) is 50.4 Å². The Balaban J connectivity index is 1.25.